The van der Waals surface area contributed by atoms with Crippen molar-refractivity contribution < 1.29 is 27.2 Å². The van der Waals surface area contributed by atoms with Gasteiger partial charge < -0.3 is 9.88 Å². The number of hydroxylamine groups is 1. The lowest BCUT2D eigenvalue weighted by Crippen LogP contribution is -2.35. The molecule has 8 nitrogen and oxygen atoms in total. The molecule has 36 heavy (non-hydrogen) atoms. The zero-order valence-electron chi connectivity index (χ0n) is 19.0. The Bertz CT molecular complexity index is 1320. The fourth-order valence-electron chi connectivity index (χ4n) is 3.55. The number of anilines is 1. The Balaban J connectivity index is 1.33. The van der Waals surface area contributed by atoms with Gasteiger partial charge in [0.1, 0.15) is 17.5 Å². The van der Waals surface area contributed by atoms with Gasteiger partial charge in [-0.15, -0.1) is 0 Å². The minimum absolute atomic E-state index is 0.0484. The number of pyridine rings is 1. The van der Waals surface area contributed by atoms with E-state index >= 15 is 0 Å². The van der Waals surface area contributed by atoms with Gasteiger partial charge in [0.15, 0.2) is 0 Å². The van der Waals surface area contributed by atoms with Gasteiger partial charge >= 0.3 is 6.18 Å². The fourth-order valence-corrected chi connectivity index (χ4v) is 3.55. The molecule has 1 unspecified atom stereocenters. The topological polar surface area (TPSA) is 100 Å². The largest absolute Gasteiger partial charge is 0.421 e. The minimum atomic E-state index is -4.81. The van der Waals surface area contributed by atoms with Crippen molar-refractivity contribution in [2.24, 2.45) is 0 Å². The third kappa shape index (κ3) is 5.77. The maximum Gasteiger partial charge on any atom is 0.421 e. The van der Waals surface area contributed by atoms with Crippen LogP contribution >= 0.6 is 0 Å². The van der Waals surface area contributed by atoms with Crippen molar-refractivity contribution >= 4 is 11.9 Å². The third-order valence-electron chi connectivity index (χ3n) is 5.63. The number of aromatic nitrogens is 3. The summed E-state index contributed by atoms with van der Waals surface area (Å²) >= 11 is 0. The summed E-state index contributed by atoms with van der Waals surface area (Å²) in [7, 11) is 0. The van der Waals surface area contributed by atoms with Crippen molar-refractivity contribution in [2.75, 3.05) is 18.0 Å². The maximum absolute atomic E-state index is 13.1. The molecule has 12 heteroatoms. The molecule has 3 heterocycles. The smallest absolute Gasteiger partial charge is 0.337 e. The zero-order valence-corrected chi connectivity index (χ0v) is 19.0. The SMILES string of the molecule is CC(ONC(=O)C1=CCN(c2ncc(-c3ccc(F)cc3)cn2)CC1)c1c[nH]c(=O)c(C(F)(F)F)c1. The standard InChI is InChI=1S/C24H21F4N5O3/c1-14(17-10-20(24(26,27)28)22(35)29-11-17)36-32-21(34)16-6-8-33(9-7-16)23-30-12-18(13-31-23)15-2-4-19(25)5-3-15/h2-6,10-14H,7-9H2,1H3,(H,29,35)(H,32,34). The van der Waals surface area contributed by atoms with Gasteiger partial charge in [-0.2, -0.15) is 13.2 Å². The summed E-state index contributed by atoms with van der Waals surface area (Å²) in [5.74, 6) is -0.377. The molecule has 1 aliphatic heterocycles. The summed E-state index contributed by atoms with van der Waals surface area (Å²) in [6.07, 6.45) is 0.676. The van der Waals surface area contributed by atoms with Gasteiger partial charge in [-0.25, -0.2) is 19.8 Å². The van der Waals surface area contributed by atoms with Crippen molar-refractivity contribution in [3.8, 4) is 11.1 Å². The Labute approximate surface area is 202 Å². The molecule has 0 aliphatic carbocycles. The van der Waals surface area contributed by atoms with Gasteiger partial charge in [-0.3, -0.25) is 14.4 Å². The van der Waals surface area contributed by atoms with E-state index in [4.69, 9.17) is 4.84 Å². The molecule has 1 amide bonds. The van der Waals surface area contributed by atoms with Crippen LogP contribution in [0.2, 0.25) is 0 Å². The zero-order chi connectivity index (χ0) is 25.9. The van der Waals surface area contributed by atoms with Crippen molar-refractivity contribution in [1.82, 2.24) is 20.4 Å². The molecule has 1 atom stereocenters. The lowest BCUT2D eigenvalue weighted by Gasteiger charge is -2.26. The summed E-state index contributed by atoms with van der Waals surface area (Å²) in [5.41, 5.74) is 1.67. The molecular weight excluding hydrogens is 482 g/mol. The number of halogens is 4. The predicted molar refractivity (Wildman–Crippen MR) is 122 cm³/mol. The number of hydrogen-bond donors (Lipinski definition) is 2. The van der Waals surface area contributed by atoms with Gasteiger partial charge in [-0.1, -0.05) is 18.2 Å². The normalized spacial score (nSPS) is 14.8. The van der Waals surface area contributed by atoms with Crippen LogP contribution in [0.25, 0.3) is 11.1 Å². The molecule has 0 bridgehead atoms. The van der Waals surface area contributed by atoms with Crippen LogP contribution in [-0.4, -0.2) is 33.9 Å². The summed E-state index contributed by atoms with van der Waals surface area (Å²) in [4.78, 5) is 41.7. The number of hydrogen-bond acceptors (Lipinski definition) is 6. The number of carbonyl (C=O) groups is 1. The van der Waals surface area contributed by atoms with E-state index in [1.165, 1.54) is 19.1 Å². The van der Waals surface area contributed by atoms with Crippen molar-refractivity contribution in [1.29, 1.82) is 0 Å². The second-order valence-corrected chi connectivity index (χ2v) is 8.07. The molecule has 2 aromatic heterocycles. The number of alkyl halides is 3. The highest BCUT2D eigenvalue weighted by Gasteiger charge is 2.34. The van der Waals surface area contributed by atoms with Crippen LogP contribution in [0.5, 0.6) is 0 Å². The molecule has 0 spiro atoms. The summed E-state index contributed by atoms with van der Waals surface area (Å²) in [5, 5.41) is 0. The molecule has 0 saturated carbocycles. The van der Waals surface area contributed by atoms with Gasteiger partial charge in [0.2, 0.25) is 5.95 Å². The number of nitrogens with one attached hydrogen (secondary N) is 2. The van der Waals surface area contributed by atoms with Crippen LogP contribution < -0.4 is 15.9 Å². The predicted octanol–water partition coefficient (Wildman–Crippen LogP) is 3.94. The van der Waals surface area contributed by atoms with Crippen LogP contribution in [0, 0.1) is 5.82 Å². The van der Waals surface area contributed by atoms with E-state index in [9.17, 15) is 27.2 Å². The van der Waals surface area contributed by atoms with Crippen molar-refractivity contribution in [3.05, 3.63) is 87.9 Å². The molecule has 2 N–H and O–H groups in total. The van der Waals surface area contributed by atoms with E-state index in [2.05, 4.69) is 15.4 Å². The number of benzene rings is 1. The first-order valence-electron chi connectivity index (χ1n) is 10.9. The van der Waals surface area contributed by atoms with E-state index in [1.54, 1.807) is 30.6 Å². The Kier molecular flexibility index (Phi) is 7.15. The molecule has 0 fully saturated rings. The van der Waals surface area contributed by atoms with Crippen LogP contribution in [0.15, 0.2) is 65.4 Å². The van der Waals surface area contributed by atoms with E-state index in [-0.39, 0.29) is 11.4 Å². The molecule has 4 rings (SSSR count). The van der Waals surface area contributed by atoms with Gasteiger partial charge in [0.25, 0.3) is 11.5 Å². The molecule has 1 aromatic carbocycles. The molecule has 188 valence electrons. The number of aromatic amines is 1. The van der Waals surface area contributed by atoms with E-state index in [0.717, 1.165) is 17.3 Å². The summed E-state index contributed by atoms with van der Waals surface area (Å²) < 4.78 is 52.0. The molecule has 3 aromatic rings. The quantitative estimate of drug-likeness (QED) is 0.391. The highest BCUT2D eigenvalue weighted by molar-refractivity contribution is 5.93. The number of H-pyrrole nitrogens is 1. The summed E-state index contributed by atoms with van der Waals surface area (Å²) in [6.45, 7) is 2.26. The van der Waals surface area contributed by atoms with Gasteiger partial charge in [0, 0.05) is 48.4 Å². The van der Waals surface area contributed by atoms with Crippen LogP contribution in [0.1, 0.15) is 30.6 Å². The summed E-state index contributed by atoms with van der Waals surface area (Å²) in [6, 6.07) is 6.68. The van der Waals surface area contributed by atoms with Gasteiger partial charge in [-0.05, 0) is 37.1 Å². The first-order valence-corrected chi connectivity index (χ1v) is 10.9. The Morgan fingerprint density at radius 1 is 1.17 bits per heavy atom. The molecule has 0 saturated heterocycles. The van der Waals surface area contributed by atoms with Crippen LogP contribution in [0.4, 0.5) is 23.5 Å². The number of nitrogens with zero attached hydrogens (tertiary/aromatic N) is 3. The second-order valence-electron chi connectivity index (χ2n) is 8.07. The lowest BCUT2D eigenvalue weighted by molar-refractivity contribution is -0.139. The van der Waals surface area contributed by atoms with Crippen LogP contribution in [-0.2, 0) is 15.8 Å². The lowest BCUT2D eigenvalue weighted by atomic mass is 10.1. The minimum Gasteiger partial charge on any atom is -0.337 e. The Morgan fingerprint density at radius 3 is 2.47 bits per heavy atom. The Morgan fingerprint density at radius 2 is 1.86 bits per heavy atom. The molecule has 1 aliphatic rings. The third-order valence-corrected chi connectivity index (χ3v) is 5.63. The highest BCUT2D eigenvalue weighted by atomic mass is 19.4. The second kappa shape index (κ2) is 10.3. The maximum atomic E-state index is 13.1. The first kappa shape index (κ1) is 25.0. The molecule has 0 radical (unpaired) electrons. The van der Waals surface area contributed by atoms with E-state index < -0.39 is 29.3 Å². The highest BCUT2D eigenvalue weighted by Crippen LogP contribution is 2.28. The first-order chi connectivity index (χ1) is 17.1. The number of rotatable bonds is 6. The number of carbonyl (C=O) groups excluding carboxylic acids is 1. The fraction of sp³-hybridized carbons (Fsp3) is 0.250. The van der Waals surface area contributed by atoms with Crippen molar-refractivity contribution in [2.45, 2.75) is 25.6 Å². The average Bonchev–Trinajstić information content (AvgIpc) is 2.87. The number of amides is 1. The van der Waals surface area contributed by atoms with E-state index in [1.807, 2.05) is 9.88 Å². The average molecular weight is 503 g/mol. The van der Waals surface area contributed by atoms with Crippen LogP contribution in [0.3, 0.4) is 0 Å². The van der Waals surface area contributed by atoms with E-state index in [0.29, 0.717) is 37.1 Å². The monoisotopic (exact) mass is 503 g/mol. The van der Waals surface area contributed by atoms with Crippen molar-refractivity contribution in [3.63, 3.8) is 0 Å². The molecular formula is C24H21F4N5O3. The van der Waals surface area contributed by atoms with Gasteiger partial charge in [0.05, 0.1) is 0 Å². The Hall–Kier alpha value is -4.06.